The summed E-state index contributed by atoms with van der Waals surface area (Å²) in [6.45, 7) is 3.53. The molecule has 6 nitrogen and oxygen atoms in total. The Morgan fingerprint density at radius 2 is 2.08 bits per heavy atom. The number of likely N-dealkylation sites (tertiary alicyclic amines) is 1. The van der Waals surface area contributed by atoms with Gasteiger partial charge in [-0.25, -0.2) is 0 Å². The molecule has 0 aliphatic carbocycles. The Balaban J connectivity index is 2.03. The maximum Gasteiger partial charge on any atom is 0.310 e. The van der Waals surface area contributed by atoms with Gasteiger partial charge in [-0.05, 0) is 43.5 Å². The third-order valence-electron chi connectivity index (χ3n) is 4.17. The molecule has 1 heterocycles. The Bertz CT molecular complexity index is 641. The predicted molar refractivity (Wildman–Crippen MR) is 94.5 cm³/mol. The van der Waals surface area contributed by atoms with Gasteiger partial charge in [-0.1, -0.05) is 6.07 Å². The number of piperidine rings is 1. The van der Waals surface area contributed by atoms with Crippen LogP contribution >= 0.6 is 0 Å². The minimum absolute atomic E-state index is 0.110. The van der Waals surface area contributed by atoms with E-state index in [1.165, 1.54) is 13.2 Å². The van der Waals surface area contributed by atoms with Crippen molar-refractivity contribution in [2.24, 2.45) is 5.92 Å². The number of hydrogen-bond acceptors (Lipinski definition) is 5. The highest BCUT2D eigenvalue weighted by Gasteiger charge is 2.28. The van der Waals surface area contributed by atoms with Gasteiger partial charge in [-0.3, -0.25) is 9.59 Å². The van der Waals surface area contributed by atoms with Crippen LogP contribution in [0.15, 0.2) is 24.3 Å². The number of esters is 1. The first-order valence-corrected chi connectivity index (χ1v) is 8.44. The van der Waals surface area contributed by atoms with Gasteiger partial charge in [0.05, 0.1) is 26.7 Å². The maximum atomic E-state index is 12.4. The standard InChI is InChI=1S/C19H25NO5/c1-4-25-16-9-7-14(12-17(16)23-2)8-10-18(21)20-11-5-6-15(13-20)19(22)24-3/h7-10,12,15H,4-6,11,13H2,1-3H3/b10-8+. The smallest absolute Gasteiger partial charge is 0.310 e. The second kappa shape index (κ2) is 9.11. The monoisotopic (exact) mass is 347 g/mol. The Hall–Kier alpha value is -2.50. The predicted octanol–water partition coefficient (Wildman–Crippen LogP) is 2.52. The van der Waals surface area contributed by atoms with Crippen LogP contribution in [0.2, 0.25) is 0 Å². The van der Waals surface area contributed by atoms with Crippen LogP contribution in [-0.2, 0) is 14.3 Å². The number of amides is 1. The van der Waals surface area contributed by atoms with Crippen molar-refractivity contribution in [2.45, 2.75) is 19.8 Å². The van der Waals surface area contributed by atoms with Gasteiger partial charge in [0.2, 0.25) is 5.91 Å². The molecule has 1 atom stereocenters. The van der Waals surface area contributed by atoms with Gasteiger partial charge >= 0.3 is 5.97 Å². The molecule has 1 fully saturated rings. The van der Waals surface area contributed by atoms with E-state index in [1.807, 2.05) is 25.1 Å². The minimum atomic E-state index is -0.252. The molecule has 0 N–H and O–H groups in total. The summed E-state index contributed by atoms with van der Waals surface area (Å²) >= 11 is 0. The first-order chi connectivity index (χ1) is 12.1. The molecular formula is C19H25NO5. The van der Waals surface area contributed by atoms with E-state index in [0.29, 0.717) is 31.2 Å². The fraction of sp³-hybridized carbons (Fsp3) is 0.474. The number of carbonyl (C=O) groups is 2. The molecule has 1 aromatic carbocycles. The fourth-order valence-corrected chi connectivity index (χ4v) is 2.87. The van der Waals surface area contributed by atoms with Crippen LogP contribution in [-0.4, -0.2) is 50.7 Å². The third kappa shape index (κ3) is 4.98. The zero-order valence-corrected chi connectivity index (χ0v) is 15.0. The molecule has 1 aromatic rings. The van der Waals surface area contributed by atoms with E-state index < -0.39 is 0 Å². The number of nitrogens with zero attached hydrogens (tertiary/aromatic N) is 1. The average molecular weight is 347 g/mol. The average Bonchev–Trinajstić information content (AvgIpc) is 2.66. The molecule has 0 spiro atoms. The largest absolute Gasteiger partial charge is 0.493 e. The zero-order valence-electron chi connectivity index (χ0n) is 15.0. The second-order valence-corrected chi connectivity index (χ2v) is 5.82. The summed E-state index contributed by atoms with van der Waals surface area (Å²) in [6.07, 6.45) is 4.82. The normalized spacial score (nSPS) is 17.4. The third-order valence-corrected chi connectivity index (χ3v) is 4.17. The maximum absolute atomic E-state index is 12.4. The minimum Gasteiger partial charge on any atom is -0.493 e. The van der Waals surface area contributed by atoms with Gasteiger partial charge in [-0.2, -0.15) is 0 Å². The summed E-state index contributed by atoms with van der Waals surface area (Å²) < 4.78 is 15.6. The highest BCUT2D eigenvalue weighted by molar-refractivity contribution is 5.92. The van der Waals surface area contributed by atoms with Crippen molar-refractivity contribution in [3.8, 4) is 11.5 Å². The van der Waals surface area contributed by atoms with E-state index in [4.69, 9.17) is 14.2 Å². The number of rotatable bonds is 6. The number of carbonyl (C=O) groups excluding carboxylic acids is 2. The van der Waals surface area contributed by atoms with E-state index in [9.17, 15) is 9.59 Å². The van der Waals surface area contributed by atoms with Crippen molar-refractivity contribution in [1.82, 2.24) is 4.90 Å². The van der Waals surface area contributed by atoms with Crippen LogP contribution in [0.5, 0.6) is 11.5 Å². The van der Waals surface area contributed by atoms with E-state index in [0.717, 1.165) is 18.4 Å². The Morgan fingerprint density at radius 1 is 1.28 bits per heavy atom. The van der Waals surface area contributed by atoms with Crippen molar-refractivity contribution in [1.29, 1.82) is 0 Å². The van der Waals surface area contributed by atoms with Crippen molar-refractivity contribution in [2.75, 3.05) is 33.9 Å². The van der Waals surface area contributed by atoms with Crippen LogP contribution in [0.1, 0.15) is 25.3 Å². The molecule has 0 bridgehead atoms. The quantitative estimate of drug-likeness (QED) is 0.584. The van der Waals surface area contributed by atoms with E-state index >= 15 is 0 Å². The van der Waals surface area contributed by atoms with Crippen LogP contribution in [0.25, 0.3) is 6.08 Å². The molecule has 0 aromatic heterocycles. The summed E-state index contributed by atoms with van der Waals surface area (Å²) in [6, 6.07) is 5.51. The second-order valence-electron chi connectivity index (χ2n) is 5.82. The lowest BCUT2D eigenvalue weighted by atomic mass is 9.98. The SMILES string of the molecule is CCOc1ccc(/C=C/C(=O)N2CCCC(C(=O)OC)C2)cc1OC. The van der Waals surface area contributed by atoms with Crippen molar-refractivity contribution >= 4 is 18.0 Å². The Kier molecular flexibility index (Phi) is 6.86. The van der Waals surface area contributed by atoms with Gasteiger partial charge in [0.25, 0.3) is 0 Å². The topological polar surface area (TPSA) is 65.1 Å². The number of methoxy groups -OCH3 is 2. The van der Waals surface area contributed by atoms with Crippen LogP contribution in [0.4, 0.5) is 0 Å². The van der Waals surface area contributed by atoms with Gasteiger partial charge in [0.1, 0.15) is 0 Å². The molecule has 0 saturated carbocycles. The molecule has 136 valence electrons. The summed E-state index contributed by atoms with van der Waals surface area (Å²) in [4.78, 5) is 25.7. The van der Waals surface area contributed by atoms with Crippen LogP contribution in [0.3, 0.4) is 0 Å². The lowest BCUT2D eigenvalue weighted by molar-refractivity contribution is -0.148. The summed E-state index contributed by atoms with van der Waals surface area (Å²) in [5.41, 5.74) is 0.843. The number of hydrogen-bond donors (Lipinski definition) is 0. The van der Waals surface area contributed by atoms with E-state index in [-0.39, 0.29) is 17.8 Å². The van der Waals surface area contributed by atoms with Crippen molar-refractivity contribution < 1.29 is 23.8 Å². The van der Waals surface area contributed by atoms with Gasteiger partial charge < -0.3 is 19.1 Å². The molecular weight excluding hydrogens is 322 g/mol. The van der Waals surface area contributed by atoms with Gasteiger partial charge in [0.15, 0.2) is 11.5 Å². The summed E-state index contributed by atoms with van der Waals surface area (Å²) in [5.74, 6) is 0.700. The Morgan fingerprint density at radius 3 is 2.76 bits per heavy atom. The molecule has 2 rings (SSSR count). The molecule has 1 saturated heterocycles. The number of benzene rings is 1. The highest BCUT2D eigenvalue weighted by atomic mass is 16.5. The van der Waals surface area contributed by atoms with Gasteiger partial charge in [-0.15, -0.1) is 0 Å². The van der Waals surface area contributed by atoms with Gasteiger partial charge in [0, 0.05) is 19.2 Å². The number of ether oxygens (including phenoxy) is 3. The molecule has 6 heteroatoms. The molecule has 25 heavy (non-hydrogen) atoms. The van der Waals surface area contributed by atoms with E-state index in [2.05, 4.69) is 0 Å². The van der Waals surface area contributed by atoms with Crippen LogP contribution in [0, 0.1) is 5.92 Å². The zero-order chi connectivity index (χ0) is 18.2. The highest BCUT2D eigenvalue weighted by Crippen LogP contribution is 2.28. The first kappa shape index (κ1) is 18.8. The molecule has 1 aliphatic rings. The first-order valence-electron chi connectivity index (χ1n) is 8.44. The van der Waals surface area contributed by atoms with Crippen LogP contribution < -0.4 is 9.47 Å². The van der Waals surface area contributed by atoms with E-state index in [1.54, 1.807) is 18.1 Å². The molecule has 0 radical (unpaired) electrons. The molecule has 1 amide bonds. The summed E-state index contributed by atoms with van der Waals surface area (Å²) in [7, 11) is 2.96. The summed E-state index contributed by atoms with van der Waals surface area (Å²) in [5, 5.41) is 0. The lowest BCUT2D eigenvalue weighted by Gasteiger charge is -2.30. The fourth-order valence-electron chi connectivity index (χ4n) is 2.87. The molecule has 1 unspecified atom stereocenters. The van der Waals surface area contributed by atoms with Crippen molar-refractivity contribution in [3.05, 3.63) is 29.8 Å². The molecule has 1 aliphatic heterocycles. The Labute approximate surface area is 148 Å². The van der Waals surface area contributed by atoms with Crippen molar-refractivity contribution in [3.63, 3.8) is 0 Å². The lowest BCUT2D eigenvalue weighted by Crippen LogP contribution is -2.41.